The molecule has 0 saturated carbocycles. The smallest absolute Gasteiger partial charge is 0.316 e. The predicted molar refractivity (Wildman–Crippen MR) is 69.8 cm³/mol. The molecule has 0 unspecified atom stereocenters. The van der Waals surface area contributed by atoms with Crippen molar-refractivity contribution < 1.29 is 9.59 Å². The molecule has 0 aromatic heterocycles. The number of hydrogen-bond donors (Lipinski definition) is 2. The van der Waals surface area contributed by atoms with E-state index in [9.17, 15) is 9.59 Å². The average molecular weight is 251 g/mol. The Balaban J connectivity index is 2.28. The van der Waals surface area contributed by atoms with E-state index in [1.54, 1.807) is 4.90 Å². The van der Waals surface area contributed by atoms with Crippen molar-refractivity contribution in [3.05, 3.63) is 0 Å². The number of likely N-dealkylation sites (tertiary alicyclic amines) is 1. The maximum atomic E-state index is 11.7. The highest BCUT2D eigenvalue weighted by molar-refractivity contribution is 5.84. The lowest BCUT2D eigenvalue weighted by molar-refractivity contribution is -0.128. The zero-order valence-corrected chi connectivity index (χ0v) is 11.0. The number of nitrogens with zero attached hydrogens (tertiary/aromatic N) is 1. The third kappa shape index (κ3) is 4.28. The lowest BCUT2D eigenvalue weighted by Gasteiger charge is -2.18. The normalized spacial score (nSPS) is 16.2. The van der Waals surface area contributed by atoms with Gasteiger partial charge in [0.25, 0.3) is 0 Å². The fraction of sp³-hybridized carbons (Fsp3) is 0.692. The molecular formula is C13H21N3O2. The molecule has 0 aromatic carbocycles. The van der Waals surface area contributed by atoms with Crippen LogP contribution < -0.4 is 10.6 Å². The topological polar surface area (TPSA) is 61.4 Å². The summed E-state index contributed by atoms with van der Waals surface area (Å²) in [7, 11) is 0. The number of carbonyl (C=O) groups is 2. The average Bonchev–Trinajstić information content (AvgIpc) is 2.86. The zero-order valence-electron chi connectivity index (χ0n) is 11.0. The minimum atomic E-state index is -0.390. The fourth-order valence-corrected chi connectivity index (χ4v) is 1.83. The second-order valence-corrected chi connectivity index (χ2v) is 4.80. The van der Waals surface area contributed by atoms with Crippen LogP contribution in [0.3, 0.4) is 0 Å². The molecule has 1 saturated heterocycles. The van der Waals surface area contributed by atoms with E-state index in [1.807, 2.05) is 13.8 Å². The number of hydrogen-bond acceptors (Lipinski definition) is 2. The van der Waals surface area contributed by atoms with E-state index >= 15 is 0 Å². The van der Waals surface area contributed by atoms with Gasteiger partial charge in [0.05, 0.1) is 12.6 Å². The van der Waals surface area contributed by atoms with E-state index in [2.05, 4.69) is 16.6 Å². The van der Waals surface area contributed by atoms with Crippen molar-refractivity contribution >= 4 is 11.9 Å². The zero-order chi connectivity index (χ0) is 13.5. The van der Waals surface area contributed by atoms with Crippen LogP contribution in [0, 0.1) is 18.3 Å². The minimum Gasteiger partial charge on any atom is -0.341 e. The van der Waals surface area contributed by atoms with Crippen LogP contribution in [0.1, 0.15) is 26.7 Å². The second kappa shape index (κ2) is 6.90. The monoisotopic (exact) mass is 251 g/mol. The molecule has 1 aliphatic rings. The fourth-order valence-electron chi connectivity index (χ4n) is 1.83. The van der Waals surface area contributed by atoms with Crippen LogP contribution >= 0.6 is 0 Å². The maximum Gasteiger partial charge on any atom is 0.316 e. The summed E-state index contributed by atoms with van der Waals surface area (Å²) in [6, 6.07) is -0.703. The number of amides is 3. The van der Waals surface area contributed by atoms with Crippen LogP contribution in [0.5, 0.6) is 0 Å². The summed E-state index contributed by atoms with van der Waals surface area (Å²) >= 11 is 0. The Morgan fingerprint density at radius 3 is 2.44 bits per heavy atom. The van der Waals surface area contributed by atoms with Gasteiger partial charge >= 0.3 is 6.03 Å². The Kier molecular flexibility index (Phi) is 5.50. The molecule has 2 N–H and O–H groups in total. The molecule has 1 fully saturated rings. The third-order valence-corrected chi connectivity index (χ3v) is 2.99. The summed E-state index contributed by atoms with van der Waals surface area (Å²) in [6.07, 6.45) is 7.40. The molecule has 0 aliphatic carbocycles. The van der Waals surface area contributed by atoms with Crippen LogP contribution in [0.2, 0.25) is 0 Å². The number of nitrogens with one attached hydrogen (secondary N) is 2. The van der Waals surface area contributed by atoms with Gasteiger partial charge in [0, 0.05) is 13.1 Å². The van der Waals surface area contributed by atoms with E-state index < -0.39 is 0 Å². The highest BCUT2D eigenvalue weighted by atomic mass is 16.2. The molecule has 0 radical (unpaired) electrons. The number of rotatable bonds is 4. The quantitative estimate of drug-likeness (QED) is 0.717. The van der Waals surface area contributed by atoms with Crippen molar-refractivity contribution in [2.45, 2.75) is 32.7 Å². The summed E-state index contributed by atoms with van der Waals surface area (Å²) in [4.78, 5) is 25.0. The number of urea groups is 1. The van der Waals surface area contributed by atoms with Gasteiger partial charge in [0.2, 0.25) is 5.91 Å². The Morgan fingerprint density at radius 1 is 1.33 bits per heavy atom. The second-order valence-electron chi connectivity index (χ2n) is 4.80. The molecule has 5 nitrogen and oxygen atoms in total. The van der Waals surface area contributed by atoms with Crippen molar-refractivity contribution in [2.24, 2.45) is 5.92 Å². The molecule has 5 heteroatoms. The van der Waals surface area contributed by atoms with Gasteiger partial charge in [-0.1, -0.05) is 19.8 Å². The van der Waals surface area contributed by atoms with Gasteiger partial charge in [-0.3, -0.25) is 4.79 Å². The highest BCUT2D eigenvalue weighted by Crippen LogP contribution is 2.06. The van der Waals surface area contributed by atoms with Gasteiger partial charge in [-0.2, -0.15) is 0 Å². The highest BCUT2D eigenvalue weighted by Gasteiger charge is 2.19. The first-order chi connectivity index (χ1) is 8.54. The summed E-state index contributed by atoms with van der Waals surface area (Å²) in [6.45, 7) is 5.48. The molecule has 100 valence electrons. The van der Waals surface area contributed by atoms with Gasteiger partial charge in [0.15, 0.2) is 0 Å². The molecular weight excluding hydrogens is 230 g/mol. The standard InChI is InChI=1S/C13H21N3O2/c1-4-11(10(2)3)15-13(18)14-9-12(17)16-7-5-6-8-16/h1,10-11H,5-9H2,2-3H3,(H2,14,15,18)/t11-/m1/s1. The molecule has 0 aromatic rings. The van der Waals surface area contributed by atoms with Crippen LogP contribution in [0.4, 0.5) is 4.79 Å². The molecule has 1 atom stereocenters. The lowest BCUT2D eigenvalue weighted by Crippen LogP contribution is -2.47. The summed E-state index contributed by atoms with van der Waals surface area (Å²) in [5, 5.41) is 5.20. The SMILES string of the molecule is C#C[C@@H](NC(=O)NCC(=O)N1CCCC1)C(C)C. The summed E-state index contributed by atoms with van der Waals surface area (Å²) < 4.78 is 0. The van der Waals surface area contributed by atoms with E-state index in [1.165, 1.54) is 0 Å². The number of carbonyl (C=O) groups excluding carboxylic acids is 2. The number of terminal acetylenes is 1. The van der Waals surface area contributed by atoms with Crippen molar-refractivity contribution in [3.63, 3.8) is 0 Å². The largest absolute Gasteiger partial charge is 0.341 e. The van der Waals surface area contributed by atoms with E-state index in [0.29, 0.717) is 0 Å². The third-order valence-electron chi connectivity index (χ3n) is 2.99. The molecule has 1 rings (SSSR count). The lowest BCUT2D eigenvalue weighted by atomic mass is 10.1. The summed E-state index contributed by atoms with van der Waals surface area (Å²) in [5.74, 6) is 2.63. The molecule has 18 heavy (non-hydrogen) atoms. The van der Waals surface area contributed by atoms with Crippen molar-refractivity contribution in [1.29, 1.82) is 0 Å². The van der Waals surface area contributed by atoms with Gasteiger partial charge in [-0.05, 0) is 18.8 Å². The molecule has 1 aliphatic heterocycles. The van der Waals surface area contributed by atoms with Crippen molar-refractivity contribution in [2.75, 3.05) is 19.6 Å². The first kappa shape index (κ1) is 14.4. The first-order valence-corrected chi connectivity index (χ1v) is 6.33. The predicted octanol–water partition coefficient (Wildman–Crippen LogP) is 0.566. The van der Waals surface area contributed by atoms with Crippen LogP contribution in [-0.2, 0) is 4.79 Å². The molecule has 0 bridgehead atoms. The Labute approximate surface area is 108 Å². The Hall–Kier alpha value is -1.70. The van der Waals surface area contributed by atoms with Crippen LogP contribution in [0.25, 0.3) is 0 Å². The van der Waals surface area contributed by atoms with Gasteiger partial charge in [-0.25, -0.2) is 4.79 Å². The minimum absolute atomic E-state index is 0.0290. The van der Waals surface area contributed by atoms with E-state index in [0.717, 1.165) is 25.9 Å². The van der Waals surface area contributed by atoms with Crippen molar-refractivity contribution in [1.82, 2.24) is 15.5 Å². The van der Waals surface area contributed by atoms with E-state index in [-0.39, 0.29) is 30.4 Å². The molecule has 3 amide bonds. The molecule has 0 spiro atoms. The maximum absolute atomic E-state index is 11.7. The van der Waals surface area contributed by atoms with Gasteiger partial charge in [-0.15, -0.1) is 6.42 Å². The van der Waals surface area contributed by atoms with Crippen molar-refractivity contribution in [3.8, 4) is 12.3 Å². The van der Waals surface area contributed by atoms with E-state index in [4.69, 9.17) is 6.42 Å². The van der Waals surface area contributed by atoms with Gasteiger partial charge < -0.3 is 15.5 Å². The van der Waals surface area contributed by atoms with Crippen LogP contribution in [0.15, 0.2) is 0 Å². The molecule has 1 heterocycles. The van der Waals surface area contributed by atoms with Crippen LogP contribution in [-0.4, -0.2) is 42.5 Å². The Bertz CT molecular complexity index is 341. The first-order valence-electron chi connectivity index (χ1n) is 6.33. The summed E-state index contributed by atoms with van der Waals surface area (Å²) in [5.41, 5.74) is 0. The van der Waals surface area contributed by atoms with Gasteiger partial charge in [0.1, 0.15) is 0 Å². The Morgan fingerprint density at radius 2 is 1.94 bits per heavy atom.